The van der Waals surface area contributed by atoms with Gasteiger partial charge < -0.3 is 9.84 Å². The Morgan fingerprint density at radius 2 is 1.97 bits per heavy atom. The van der Waals surface area contributed by atoms with Crippen LogP contribution in [0.25, 0.3) is 11.4 Å². The van der Waals surface area contributed by atoms with Crippen LogP contribution in [-0.2, 0) is 11.3 Å². The quantitative estimate of drug-likeness (QED) is 0.638. The van der Waals surface area contributed by atoms with Crippen LogP contribution >= 0.6 is 11.6 Å². The van der Waals surface area contributed by atoms with Gasteiger partial charge >= 0.3 is 0 Å². The normalized spacial score (nSPS) is 15.3. The molecule has 0 aliphatic carbocycles. The molecule has 4 rings (SSSR count). The number of carbonyl (C=O) groups excluding carboxylic acids is 1. The third-order valence-corrected chi connectivity index (χ3v) is 5.82. The topological polar surface area (TPSA) is 71.3 Å². The number of halogens is 2. The minimum Gasteiger partial charge on any atom is -0.338 e. The van der Waals surface area contributed by atoms with E-state index in [1.54, 1.807) is 12.1 Å². The van der Waals surface area contributed by atoms with Crippen molar-refractivity contribution in [3.05, 3.63) is 64.8 Å². The van der Waals surface area contributed by atoms with E-state index in [0.29, 0.717) is 28.8 Å². The fourth-order valence-corrected chi connectivity index (χ4v) is 3.73. The summed E-state index contributed by atoms with van der Waals surface area (Å²) in [7, 11) is 0. The van der Waals surface area contributed by atoms with Crippen LogP contribution in [0.1, 0.15) is 24.3 Å². The summed E-state index contributed by atoms with van der Waals surface area (Å²) in [6.45, 7) is 3.95. The van der Waals surface area contributed by atoms with Gasteiger partial charge in [0.05, 0.1) is 6.54 Å². The molecule has 1 aliphatic rings. The van der Waals surface area contributed by atoms with Gasteiger partial charge in [-0.05, 0) is 74.8 Å². The summed E-state index contributed by atoms with van der Waals surface area (Å²) in [5.74, 6) is 0.622. The van der Waals surface area contributed by atoms with E-state index in [4.69, 9.17) is 16.1 Å². The van der Waals surface area contributed by atoms with E-state index in [9.17, 15) is 9.18 Å². The van der Waals surface area contributed by atoms with Crippen molar-refractivity contribution in [2.24, 2.45) is 5.92 Å². The Morgan fingerprint density at radius 3 is 2.70 bits per heavy atom. The van der Waals surface area contributed by atoms with E-state index in [1.807, 2.05) is 25.1 Å². The van der Waals surface area contributed by atoms with Crippen LogP contribution < -0.4 is 5.32 Å². The summed E-state index contributed by atoms with van der Waals surface area (Å²) in [6.07, 6.45) is 1.51. The molecule has 0 atom stereocenters. The largest absolute Gasteiger partial charge is 0.338 e. The first kappa shape index (κ1) is 20.5. The van der Waals surface area contributed by atoms with Gasteiger partial charge in [0.1, 0.15) is 5.82 Å². The summed E-state index contributed by atoms with van der Waals surface area (Å²) in [4.78, 5) is 19.2. The van der Waals surface area contributed by atoms with Crippen molar-refractivity contribution in [2.75, 3.05) is 18.4 Å². The first-order valence-electron chi connectivity index (χ1n) is 9.86. The molecule has 3 aromatic rings. The number of benzene rings is 2. The Kier molecular flexibility index (Phi) is 6.11. The smallest absolute Gasteiger partial charge is 0.241 e. The number of piperidine rings is 1. The van der Waals surface area contributed by atoms with Crippen molar-refractivity contribution in [3.8, 4) is 11.4 Å². The number of carbonyl (C=O) groups is 1. The second-order valence-electron chi connectivity index (χ2n) is 7.47. The molecule has 0 spiro atoms. The minimum absolute atomic E-state index is 0.0244. The average molecular weight is 429 g/mol. The summed E-state index contributed by atoms with van der Waals surface area (Å²) in [5.41, 5.74) is 2.34. The van der Waals surface area contributed by atoms with Crippen LogP contribution in [0.15, 0.2) is 47.0 Å². The predicted octanol–water partition coefficient (Wildman–Crippen LogP) is 4.69. The molecular formula is C22H22ClFN4O2. The lowest BCUT2D eigenvalue weighted by molar-refractivity contribution is -0.121. The lowest BCUT2D eigenvalue weighted by Gasteiger charge is -2.30. The number of likely N-dealkylation sites (tertiary alicyclic amines) is 1. The first-order chi connectivity index (χ1) is 14.5. The molecule has 1 fully saturated rings. The van der Waals surface area contributed by atoms with Crippen LogP contribution in [0.2, 0.25) is 5.02 Å². The highest BCUT2D eigenvalue weighted by atomic mass is 35.5. The van der Waals surface area contributed by atoms with Crippen molar-refractivity contribution in [1.29, 1.82) is 0 Å². The second kappa shape index (κ2) is 8.93. The van der Waals surface area contributed by atoms with E-state index >= 15 is 0 Å². The number of hydrogen-bond acceptors (Lipinski definition) is 5. The molecule has 0 bridgehead atoms. The summed E-state index contributed by atoms with van der Waals surface area (Å²) in [5, 5.41) is 7.62. The van der Waals surface area contributed by atoms with Gasteiger partial charge in [0.15, 0.2) is 0 Å². The fraction of sp³-hybridized carbons (Fsp3) is 0.318. The standard InChI is InChI=1S/C22H22ClFN4O2/c1-14-18(23)3-2-4-19(14)25-22(29)16-9-11-28(12-10-16)13-20-26-21(27-30-20)15-5-7-17(24)8-6-15/h2-8,16H,9-13H2,1H3,(H,25,29). The molecule has 156 valence electrons. The number of hydrogen-bond donors (Lipinski definition) is 1. The monoisotopic (exact) mass is 428 g/mol. The minimum atomic E-state index is -0.306. The molecule has 1 amide bonds. The highest BCUT2D eigenvalue weighted by Crippen LogP contribution is 2.26. The van der Waals surface area contributed by atoms with Crippen molar-refractivity contribution in [3.63, 3.8) is 0 Å². The Bertz CT molecular complexity index is 1030. The molecule has 30 heavy (non-hydrogen) atoms. The third kappa shape index (κ3) is 4.68. The number of amides is 1. The summed E-state index contributed by atoms with van der Waals surface area (Å²) >= 11 is 6.13. The molecule has 1 saturated heterocycles. The number of rotatable bonds is 5. The molecule has 2 heterocycles. The third-order valence-electron chi connectivity index (χ3n) is 5.41. The van der Waals surface area contributed by atoms with Gasteiger partial charge in [0, 0.05) is 22.2 Å². The average Bonchev–Trinajstić information content (AvgIpc) is 3.21. The molecule has 1 aliphatic heterocycles. The Labute approximate surface area is 179 Å². The predicted molar refractivity (Wildman–Crippen MR) is 113 cm³/mol. The molecular weight excluding hydrogens is 407 g/mol. The number of aromatic nitrogens is 2. The lowest BCUT2D eigenvalue weighted by atomic mass is 9.95. The lowest BCUT2D eigenvalue weighted by Crippen LogP contribution is -2.37. The molecule has 1 aromatic heterocycles. The molecule has 2 aromatic carbocycles. The van der Waals surface area contributed by atoms with Crippen LogP contribution in [0.3, 0.4) is 0 Å². The second-order valence-corrected chi connectivity index (χ2v) is 7.88. The van der Waals surface area contributed by atoms with E-state index in [2.05, 4.69) is 20.4 Å². The highest BCUT2D eigenvalue weighted by molar-refractivity contribution is 6.31. The number of anilines is 1. The summed E-state index contributed by atoms with van der Waals surface area (Å²) < 4.78 is 18.4. The van der Waals surface area contributed by atoms with Crippen LogP contribution in [0.5, 0.6) is 0 Å². The Hall–Kier alpha value is -2.77. The van der Waals surface area contributed by atoms with Crippen molar-refractivity contribution in [2.45, 2.75) is 26.3 Å². The van der Waals surface area contributed by atoms with Gasteiger partial charge in [-0.15, -0.1) is 0 Å². The molecule has 1 N–H and O–H groups in total. The molecule has 6 nitrogen and oxygen atoms in total. The maximum atomic E-state index is 13.1. The van der Waals surface area contributed by atoms with Crippen molar-refractivity contribution < 1.29 is 13.7 Å². The Balaban J connectivity index is 1.30. The zero-order valence-corrected chi connectivity index (χ0v) is 17.3. The van der Waals surface area contributed by atoms with Crippen molar-refractivity contribution >= 4 is 23.2 Å². The van der Waals surface area contributed by atoms with Crippen LogP contribution in [0.4, 0.5) is 10.1 Å². The number of nitrogens with zero attached hydrogens (tertiary/aromatic N) is 3. The molecule has 0 saturated carbocycles. The van der Waals surface area contributed by atoms with Gasteiger partial charge in [-0.3, -0.25) is 9.69 Å². The van der Waals surface area contributed by atoms with E-state index in [-0.39, 0.29) is 17.6 Å². The van der Waals surface area contributed by atoms with E-state index in [1.165, 1.54) is 12.1 Å². The van der Waals surface area contributed by atoms with Crippen LogP contribution in [-0.4, -0.2) is 34.0 Å². The number of nitrogens with one attached hydrogen (secondary N) is 1. The Morgan fingerprint density at radius 1 is 1.23 bits per heavy atom. The first-order valence-corrected chi connectivity index (χ1v) is 10.2. The SMILES string of the molecule is Cc1c(Cl)cccc1NC(=O)C1CCN(Cc2nc(-c3ccc(F)cc3)no2)CC1. The van der Waals surface area contributed by atoms with Gasteiger partial charge in [-0.25, -0.2) is 4.39 Å². The summed E-state index contributed by atoms with van der Waals surface area (Å²) in [6, 6.07) is 11.5. The van der Waals surface area contributed by atoms with E-state index < -0.39 is 0 Å². The van der Waals surface area contributed by atoms with Gasteiger partial charge in [-0.1, -0.05) is 22.8 Å². The maximum Gasteiger partial charge on any atom is 0.241 e. The van der Waals surface area contributed by atoms with Gasteiger partial charge in [-0.2, -0.15) is 4.98 Å². The molecule has 8 heteroatoms. The van der Waals surface area contributed by atoms with Crippen molar-refractivity contribution in [1.82, 2.24) is 15.0 Å². The van der Waals surface area contributed by atoms with Gasteiger partial charge in [0.25, 0.3) is 0 Å². The van der Waals surface area contributed by atoms with Crippen LogP contribution in [0, 0.1) is 18.7 Å². The van der Waals surface area contributed by atoms with E-state index in [0.717, 1.165) is 37.2 Å². The highest BCUT2D eigenvalue weighted by Gasteiger charge is 2.26. The zero-order chi connectivity index (χ0) is 21.1. The zero-order valence-electron chi connectivity index (χ0n) is 16.6. The van der Waals surface area contributed by atoms with Gasteiger partial charge in [0.2, 0.25) is 17.6 Å². The molecule has 0 radical (unpaired) electrons. The fourth-order valence-electron chi connectivity index (χ4n) is 3.56. The molecule has 0 unspecified atom stereocenters. The maximum absolute atomic E-state index is 13.1.